The van der Waals surface area contributed by atoms with Crippen LogP contribution in [0.3, 0.4) is 0 Å². The van der Waals surface area contributed by atoms with E-state index in [2.05, 4.69) is 18.0 Å². The van der Waals surface area contributed by atoms with Gasteiger partial charge in [0.1, 0.15) is 0 Å². The Labute approximate surface area is 155 Å². The maximum absolute atomic E-state index is 6.20. The average Bonchev–Trinajstić information content (AvgIpc) is 2.59. The number of halogens is 1. The molecule has 2 aromatic rings. The van der Waals surface area contributed by atoms with E-state index >= 15 is 0 Å². The highest BCUT2D eigenvalue weighted by molar-refractivity contribution is 6.31. The van der Waals surface area contributed by atoms with Crippen LogP contribution in [-0.4, -0.2) is 13.2 Å². The van der Waals surface area contributed by atoms with Crippen LogP contribution in [0.5, 0.6) is 11.5 Å². The molecular formula is C21H26ClNO2. The standard InChI is InChI=1S/C21H26ClNO2/c1-5-8-17-11-16(12-20(24-6-2)21(17)25-7-3)14-23-18-10-9-15(4)19(22)13-18/h5,9-13,23H,1,6-8,14H2,2-4H3. The molecule has 0 saturated heterocycles. The number of nitrogens with one attached hydrogen (secondary N) is 1. The minimum atomic E-state index is 0.595. The van der Waals surface area contributed by atoms with Crippen LogP contribution in [0.15, 0.2) is 43.0 Å². The van der Waals surface area contributed by atoms with Crippen molar-refractivity contribution in [2.75, 3.05) is 18.5 Å². The van der Waals surface area contributed by atoms with Gasteiger partial charge in [0.25, 0.3) is 0 Å². The summed E-state index contributed by atoms with van der Waals surface area (Å²) in [6.07, 6.45) is 2.62. The predicted octanol–water partition coefficient (Wildman–Crippen LogP) is 5.79. The fourth-order valence-corrected chi connectivity index (χ4v) is 2.79. The van der Waals surface area contributed by atoms with E-state index in [0.717, 1.165) is 45.3 Å². The summed E-state index contributed by atoms with van der Waals surface area (Å²) in [4.78, 5) is 0. The Morgan fingerprint density at radius 1 is 1.12 bits per heavy atom. The maximum Gasteiger partial charge on any atom is 0.164 e. The van der Waals surface area contributed by atoms with Crippen molar-refractivity contribution in [1.82, 2.24) is 0 Å². The molecule has 1 N–H and O–H groups in total. The van der Waals surface area contributed by atoms with E-state index in [1.165, 1.54) is 0 Å². The fraction of sp³-hybridized carbons (Fsp3) is 0.333. The van der Waals surface area contributed by atoms with Gasteiger partial charge in [-0.15, -0.1) is 6.58 Å². The lowest BCUT2D eigenvalue weighted by Gasteiger charge is -2.17. The molecule has 0 spiro atoms. The summed E-state index contributed by atoms with van der Waals surface area (Å²) in [5.41, 5.74) is 4.27. The second-order valence-electron chi connectivity index (χ2n) is 5.76. The summed E-state index contributed by atoms with van der Waals surface area (Å²) in [5.74, 6) is 1.59. The number of allylic oxidation sites excluding steroid dienone is 1. The van der Waals surface area contributed by atoms with Crippen molar-refractivity contribution in [2.24, 2.45) is 0 Å². The maximum atomic E-state index is 6.20. The molecule has 0 unspecified atom stereocenters. The van der Waals surface area contributed by atoms with Gasteiger partial charge in [0, 0.05) is 22.8 Å². The van der Waals surface area contributed by atoms with Crippen LogP contribution < -0.4 is 14.8 Å². The lowest BCUT2D eigenvalue weighted by atomic mass is 10.1. The average molecular weight is 360 g/mol. The Morgan fingerprint density at radius 3 is 2.52 bits per heavy atom. The summed E-state index contributed by atoms with van der Waals surface area (Å²) in [6.45, 7) is 11.7. The van der Waals surface area contributed by atoms with Gasteiger partial charge in [0.05, 0.1) is 13.2 Å². The monoisotopic (exact) mass is 359 g/mol. The molecule has 3 nitrogen and oxygen atoms in total. The molecule has 0 aliphatic heterocycles. The summed E-state index contributed by atoms with van der Waals surface area (Å²) in [5, 5.41) is 4.18. The first-order valence-electron chi connectivity index (χ1n) is 8.61. The smallest absolute Gasteiger partial charge is 0.164 e. The van der Waals surface area contributed by atoms with Crippen molar-refractivity contribution in [3.05, 3.63) is 64.7 Å². The van der Waals surface area contributed by atoms with E-state index in [0.29, 0.717) is 19.8 Å². The van der Waals surface area contributed by atoms with E-state index in [1.54, 1.807) is 0 Å². The molecule has 0 aliphatic carbocycles. The van der Waals surface area contributed by atoms with Crippen molar-refractivity contribution >= 4 is 17.3 Å². The molecule has 2 rings (SSSR count). The minimum absolute atomic E-state index is 0.595. The minimum Gasteiger partial charge on any atom is -0.490 e. The Kier molecular flexibility index (Phi) is 7.20. The fourth-order valence-electron chi connectivity index (χ4n) is 2.61. The number of rotatable bonds is 9. The van der Waals surface area contributed by atoms with Crippen molar-refractivity contribution in [3.63, 3.8) is 0 Å². The quantitative estimate of drug-likeness (QED) is 0.575. The normalized spacial score (nSPS) is 10.4. The van der Waals surface area contributed by atoms with Crippen LogP contribution in [0.25, 0.3) is 0 Å². The Hall–Kier alpha value is -2.13. The van der Waals surface area contributed by atoms with Gasteiger partial charge in [-0.05, 0) is 62.6 Å². The van der Waals surface area contributed by atoms with E-state index in [4.69, 9.17) is 21.1 Å². The third kappa shape index (κ3) is 5.17. The molecule has 25 heavy (non-hydrogen) atoms. The van der Waals surface area contributed by atoms with Crippen LogP contribution >= 0.6 is 11.6 Å². The lowest BCUT2D eigenvalue weighted by Crippen LogP contribution is -2.05. The van der Waals surface area contributed by atoms with Crippen molar-refractivity contribution < 1.29 is 9.47 Å². The third-order valence-electron chi connectivity index (χ3n) is 3.81. The number of hydrogen-bond donors (Lipinski definition) is 1. The van der Waals surface area contributed by atoms with Crippen molar-refractivity contribution in [3.8, 4) is 11.5 Å². The third-order valence-corrected chi connectivity index (χ3v) is 4.22. The molecule has 0 radical (unpaired) electrons. The number of ether oxygens (including phenoxy) is 2. The van der Waals surface area contributed by atoms with Crippen LogP contribution in [0.4, 0.5) is 5.69 Å². The van der Waals surface area contributed by atoms with Gasteiger partial charge in [0.15, 0.2) is 11.5 Å². The van der Waals surface area contributed by atoms with Crippen LogP contribution in [0.1, 0.15) is 30.5 Å². The summed E-state index contributed by atoms with van der Waals surface area (Å²) in [7, 11) is 0. The molecule has 2 aromatic carbocycles. The Morgan fingerprint density at radius 2 is 1.88 bits per heavy atom. The summed E-state index contributed by atoms with van der Waals surface area (Å²) < 4.78 is 11.6. The topological polar surface area (TPSA) is 30.5 Å². The molecule has 0 atom stereocenters. The first kappa shape index (κ1) is 19.2. The van der Waals surface area contributed by atoms with Crippen molar-refractivity contribution in [2.45, 2.75) is 33.7 Å². The summed E-state index contributed by atoms with van der Waals surface area (Å²) in [6, 6.07) is 10.2. The van der Waals surface area contributed by atoms with Crippen molar-refractivity contribution in [1.29, 1.82) is 0 Å². The number of benzene rings is 2. The first-order valence-corrected chi connectivity index (χ1v) is 8.99. The molecule has 0 amide bonds. The van der Waals surface area contributed by atoms with Crippen LogP contribution in [0, 0.1) is 6.92 Å². The molecule has 0 aliphatic rings. The lowest BCUT2D eigenvalue weighted by molar-refractivity contribution is 0.285. The molecule has 0 saturated carbocycles. The SMILES string of the molecule is C=CCc1cc(CNc2ccc(C)c(Cl)c2)cc(OCC)c1OCC. The summed E-state index contributed by atoms with van der Waals surface area (Å²) >= 11 is 6.20. The number of aryl methyl sites for hydroxylation is 1. The van der Waals surface area contributed by atoms with Gasteiger partial charge < -0.3 is 14.8 Å². The molecule has 0 fully saturated rings. The second-order valence-corrected chi connectivity index (χ2v) is 6.17. The molecule has 4 heteroatoms. The largest absolute Gasteiger partial charge is 0.490 e. The molecule has 134 valence electrons. The Balaban J connectivity index is 2.26. The molecule has 0 bridgehead atoms. The predicted molar refractivity (Wildman–Crippen MR) is 106 cm³/mol. The van der Waals surface area contributed by atoms with Crippen LogP contribution in [-0.2, 0) is 13.0 Å². The van der Waals surface area contributed by atoms with Gasteiger partial charge in [0.2, 0.25) is 0 Å². The van der Waals surface area contributed by atoms with Gasteiger partial charge in [-0.3, -0.25) is 0 Å². The van der Waals surface area contributed by atoms with E-state index < -0.39 is 0 Å². The first-order chi connectivity index (χ1) is 12.1. The van der Waals surface area contributed by atoms with E-state index in [-0.39, 0.29) is 0 Å². The van der Waals surface area contributed by atoms with E-state index in [1.807, 2.05) is 51.1 Å². The molecular weight excluding hydrogens is 334 g/mol. The highest BCUT2D eigenvalue weighted by atomic mass is 35.5. The van der Waals surface area contributed by atoms with E-state index in [9.17, 15) is 0 Å². The Bertz CT molecular complexity index is 728. The second kappa shape index (κ2) is 9.38. The number of hydrogen-bond acceptors (Lipinski definition) is 3. The van der Waals surface area contributed by atoms with Gasteiger partial charge in [-0.25, -0.2) is 0 Å². The van der Waals surface area contributed by atoms with Crippen LogP contribution in [0.2, 0.25) is 5.02 Å². The van der Waals surface area contributed by atoms with Gasteiger partial charge >= 0.3 is 0 Å². The highest BCUT2D eigenvalue weighted by Gasteiger charge is 2.13. The highest BCUT2D eigenvalue weighted by Crippen LogP contribution is 2.34. The molecule has 0 aromatic heterocycles. The number of anilines is 1. The zero-order valence-corrected chi connectivity index (χ0v) is 16.0. The zero-order chi connectivity index (χ0) is 18.2. The molecule has 0 heterocycles. The van der Waals surface area contributed by atoms with Gasteiger partial charge in [-0.2, -0.15) is 0 Å². The van der Waals surface area contributed by atoms with Gasteiger partial charge in [-0.1, -0.05) is 23.7 Å². The zero-order valence-electron chi connectivity index (χ0n) is 15.2.